The molecule has 0 N–H and O–H groups in total. The Kier molecular flexibility index (Phi) is 23.2. The fourth-order valence-corrected chi connectivity index (χ4v) is 6.34. The second-order valence-electron chi connectivity index (χ2n) is 11.6. The third-order valence-corrected chi connectivity index (χ3v) is 9.22. The number of hydrogen-bond acceptors (Lipinski definition) is 3. The molecule has 0 fully saturated rings. The predicted octanol–water partition coefficient (Wildman–Crippen LogP) is 11.4. The Morgan fingerprint density at radius 1 is 0.526 bits per heavy atom. The van der Waals surface area contributed by atoms with Gasteiger partial charge in [0.15, 0.2) is 0 Å². The van der Waals surface area contributed by atoms with Crippen LogP contribution in [0.5, 0.6) is 0 Å². The van der Waals surface area contributed by atoms with Crippen LogP contribution in [0.25, 0.3) is 0 Å². The van der Waals surface area contributed by atoms with Crippen LogP contribution >= 0.6 is 0 Å². The van der Waals surface area contributed by atoms with Crippen molar-refractivity contribution in [2.45, 2.75) is 173 Å². The van der Waals surface area contributed by atoms with Gasteiger partial charge in [-0.2, -0.15) is 8.42 Å². The molecule has 4 heteroatoms. The van der Waals surface area contributed by atoms with Crippen molar-refractivity contribution < 1.29 is 12.6 Å². The Morgan fingerprint density at radius 3 is 1.24 bits per heavy atom. The van der Waals surface area contributed by atoms with Gasteiger partial charge in [0, 0.05) is 0 Å². The highest BCUT2D eigenvalue weighted by molar-refractivity contribution is 7.86. The molecule has 0 spiro atoms. The minimum atomic E-state index is -3.66. The summed E-state index contributed by atoms with van der Waals surface area (Å²) in [6, 6.07) is 8.58. The normalized spacial score (nSPS) is 12.7. The Morgan fingerprint density at radius 2 is 0.868 bits per heavy atom. The Labute approximate surface area is 238 Å². The zero-order valence-electron chi connectivity index (χ0n) is 25.3. The topological polar surface area (TPSA) is 43.4 Å². The summed E-state index contributed by atoms with van der Waals surface area (Å²) in [5.41, 5.74) is 0. The van der Waals surface area contributed by atoms with E-state index in [4.69, 9.17) is 4.18 Å². The third-order valence-electron chi connectivity index (χ3n) is 7.92. The summed E-state index contributed by atoms with van der Waals surface area (Å²) in [6.45, 7) is 4.87. The fraction of sp³-hybridized carbons (Fsp3) is 0.824. The first-order valence-electron chi connectivity index (χ1n) is 16.5. The molecule has 1 unspecified atom stereocenters. The molecule has 1 rings (SSSR count). The molecule has 0 bridgehead atoms. The summed E-state index contributed by atoms with van der Waals surface area (Å²) in [4.78, 5) is 0.266. The quantitative estimate of drug-likeness (QED) is 0.0769. The van der Waals surface area contributed by atoms with Gasteiger partial charge in [-0.05, 0) is 30.9 Å². The summed E-state index contributed by atoms with van der Waals surface area (Å²) in [5, 5.41) is 0. The van der Waals surface area contributed by atoms with Crippen molar-refractivity contribution in [3.8, 4) is 0 Å². The van der Waals surface area contributed by atoms with Crippen LogP contribution in [-0.2, 0) is 14.3 Å². The van der Waals surface area contributed by atoms with E-state index in [1.807, 2.05) is 6.07 Å². The van der Waals surface area contributed by atoms with Crippen LogP contribution < -0.4 is 0 Å². The van der Waals surface area contributed by atoms with E-state index in [9.17, 15) is 8.42 Å². The maximum absolute atomic E-state index is 12.6. The number of rotatable bonds is 28. The molecule has 0 aliphatic rings. The lowest BCUT2D eigenvalue weighted by Gasteiger charge is -2.17. The molecular weight excluding hydrogens is 488 g/mol. The lowest BCUT2D eigenvalue weighted by Crippen LogP contribution is -2.15. The van der Waals surface area contributed by atoms with Crippen molar-refractivity contribution in [1.29, 1.82) is 0 Å². The molecular formula is C34H62O3S. The summed E-state index contributed by atoms with van der Waals surface area (Å²) in [6.07, 6.45) is 31.7. The van der Waals surface area contributed by atoms with Gasteiger partial charge in [-0.3, -0.25) is 4.18 Å². The third kappa shape index (κ3) is 20.1. The summed E-state index contributed by atoms with van der Waals surface area (Å²) >= 11 is 0. The van der Waals surface area contributed by atoms with Gasteiger partial charge in [-0.25, -0.2) is 0 Å². The minimum Gasteiger partial charge on any atom is -0.266 e. The molecule has 3 nitrogen and oxygen atoms in total. The average Bonchev–Trinajstić information content (AvgIpc) is 2.93. The molecule has 0 aliphatic carbocycles. The average molecular weight is 551 g/mol. The van der Waals surface area contributed by atoms with Crippen molar-refractivity contribution in [2.75, 3.05) is 6.61 Å². The first kappa shape index (κ1) is 35.2. The van der Waals surface area contributed by atoms with Gasteiger partial charge in [-0.15, -0.1) is 0 Å². The van der Waals surface area contributed by atoms with Gasteiger partial charge in [0.05, 0.1) is 11.5 Å². The maximum Gasteiger partial charge on any atom is 0.296 e. The number of hydrogen-bond donors (Lipinski definition) is 0. The molecule has 0 radical (unpaired) electrons. The molecule has 38 heavy (non-hydrogen) atoms. The summed E-state index contributed by atoms with van der Waals surface area (Å²) in [7, 11) is -3.66. The van der Waals surface area contributed by atoms with Crippen LogP contribution in [0.2, 0.25) is 0 Å². The molecule has 1 aromatic carbocycles. The van der Waals surface area contributed by atoms with E-state index in [0.29, 0.717) is 12.5 Å². The SMILES string of the molecule is CCCCCCCCCCCCCCCCC(CCCCCCCCCC)COS(=O)(=O)c1ccccc1. The van der Waals surface area contributed by atoms with Gasteiger partial charge in [0.2, 0.25) is 0 Å². The molecule has 0 saturated heterocycles. The zero-order valence-corrected chi connectivity index (χ0v) is 26.1. The zero-order chi connectivity index (χ0) is 27.6. The first-order chi connectivity index (χ1) is 18.6. The van der Waals surface area contributed by atoms with Gasteiger partial charge >= 0.3 is 0 Å². The molecule has 0 saturated carbocycles. The molecule has 1 atom stereocenters. The van der Waals surface area contributed by atoms with Crippen molar-refractivity contribution in [1.82, 2.24) is 0 Å². The Bertz CT molecular complexity index is 717. The van der Waals surface area contributed by atoms with E-state index >= 15 is 0 Å². The minimum absolute atomic E-state index is 0.266. The van der Waals surface area contributed by atoms with Gasteiger partial charge in [0.25, 0.3) is 10.1 Å². The van der Waals surface area contributed by atoms with Crippen molar-refractivity contribution in [3.05, 3.63) is 30.3 Å². The van der Waals surface area contributed by atoms with Gasteiger partial charge < -0.3 is 0 Å². The highest BCUT2D eigenvalue weighted by atomic mass is 32.2. The maximum atomic E-state index is 12.6. The van der Waals surface area contributed by atoms with E-state index in [1.54, 1.807) is 24.3 Å². The van der Waals surface area contributed by atoms with Crippen molar-refractivity contribution in [2.24, 2.45) is 5.92 Å². The summed E-state index contributed by atoms with van der Waals surface area (Å²) < 4.78 is 30.8. The van der Waals surface area contributed by atoms with E-state index in [2.05, 4.69) is 13.8 Å². The van der Waals surface area contributed by atoms with Gasteiger partial charge in [-0.1, -0.05) is 173 Å². The van der Waals surface area contributed by atoms with E-state index in [0.717, 1.165) is 12.8 Å². The van der Waals surface area contributed by atoms with Crippen LogP contribution in [-0.4, -0.2) is 15.0 Å². The van der Waals surface area contributed by atoms with Crippen molar-refractivity contribution >= 4 is 10.1 Å². The van der Waals surface area contributed by atoms with Crippen LogP contribution in [0, 0.1) is 5.92 Å². The monoisotopic (exact) mass is 550 g/mol. The Balaban J connectivity index is 2.22. The standard InChI is InChI=1S/C34H62O3S/c1-3-5-7-9-11-13-14-15-16-17-18-20-22-25-29-33(28-24-21-19-12-10-8-6-4-2)32-37-38(35,36)34-30-26-23-27-31-34/h23,26-27,30-31,33H,3-22,24-25,28-29,32H2,1-2H3. The second kappa shape index (κ2) is 25.1. The fourth-order valence-electron chi connectivity index (χ4n) is 5.35. The predicted molar refractivity (Wildman–Crippen MR) is 165 cm³/mol. The molecule has 0 aliphatic heterocycles. The first-order valence-corrected chi connectivity index (χ1v) is 18.0. The highest BCUT2D eigenvalue weighted by Gasteiger charge is 2.18. The van der Waals surface area contributed by atoms with Crippen molar-refractivity contribution in [3.63, 3.8) is 0 Å². The lowest BCUT2D eigenvalue weighted by atomic mass is 9.94. The highest BCUT2D eigenvalue weighted by Crippen LogP contribution is 2.22. The smallest absolute Gasteiger partial charge is 0.266 e. The lowest BCUT2D eigenvalue weighted by molar-refractivity contribution is 0.229. The van der Waals surface area contributed by atoms with Crippen LogP contribution in [0.15, 0.2) is 35.2 Å². The molecule has 0 heterocycles. The number of benzene rings is 1. The number of unbranched alkanes of at least 4 members (excludes halogenated alkanes) is 20. The largest absolute Gasteiger partial charge is 0.296 e. The van der Waals surface area contributed by atoms with Crippen LogP contribution in [0.3, 0.4) is 0 Å². The molecule has 0 amide bonds. The van der Waals surface area contributed by atoms with Crippen LogP contribution in [0.4, 0.5) is 0 Å². The van der Waals surface area contributed by atoms with E-state index < -0.39 is 10.1 Å². The second-order valence-corrected chi connectivity index (χ2v) is 13.2. The Hall–Kier alpha value is -0.870. The van der Waals surface area contributed by atoms with Gasteiger partial charge in [0.1, 0.15) is 0 Å². The van der Waals surface area contributed by atoms with E-state index in [-0.39, 0.29) is 4.90 Å². The van der Waals surface area contributed by atoms with Crippen LogP contribution in [0.1, 0.15) is 168 Å². The van der Waals surface area contributed by atoms with E-state index in [1.165, 1.54) is 141 Å². The molecule has 0 aromatic heterocycles. The summed E-state index contributed by atoms with van der Waals surface area (Å²) in [5.74, 6) is 0.339. The molecule has 1 aromatic rings. The molecule has 222 valence electrons.